The van der Waals surface area contributed by atoms with Crippen LogP contribution in [0.25, 0.3) is 0 Å². The Balaban J connectivity index is 2.17. The second-order valence-corrected chi connectivity index (χ2v) is 4.49. The molecule has 1 saturated heterocycles. The second-order valence-electron chi connectivity index (χ2n) is 4.49. The summed E-state index contributed by atoms with van der Waals surface area (Å²) in [5.41, 5.74) is 0.350. The smallest absolute Gasteiger partial charge is 0.406 e. The van der Waals surface area contributed by atoms with Crippen molar-refractivity contribution in [3.05, 3.63) is 24.3 Å². The van der Waals surface area contributed by atoms with E-state index in [2.05, 4.69) is 10.1 Å². The van der Waals surface area contributed by atoms with E-state index in [0.717, 1.165) is 12.1 Å². The van der Waals surface area contributed by atoms with Gasteiger partial charge in [0.05, 0.1) is 0 Å². The third-order valence-electron chi connectivity index (χ3n) is 2.99. The molecule has 2 amide bonds. The Bertz CT molecular complexity index is 543. The van der Waals surface area contributed by atoms with Gasteiger partial charge in [0.1, 0.15) is 18.3 Å². The fourth-order valence-electron chi connectivity index (χ4n) is 2.03. The molecule has 2 rings (SSSR count). The topological polar surface area (TPSA) is 58.6 Å². The molecular formula is C13H13F3N2O3. The van der Waals surface area contributed by atoms with Crippen LogP contribution in [0.3, 0.4) is 0 Å². The zero-order chi connectivity index (χ0) is 15.6. The summed E-state index contributed by atoms with van der Waals surface area (Å²) in [5.74, 6) is -0.981. The van der Waals surface area contributed by atoms with E-state index in [-0.39, 0.29) is 24.1 Å². The summed E-state index contributed by atoms with van der Waals surface area (Å²) in [5, 5.41) is 2.55. The van der Waals surface area contributed by atoms with E-state index < -0.39 is 12.4 Å². The number of hydrogen-bond donors (Lipinski definition) is 1. The van der Waals surface area contributed by atoms with E-state index in [1.54, 1.807) is 6.92 Å². The average molecular weight is 302 g/mol. The number of nitrogens with one attached hydrogen (secondary N) is 1. The van der Waals surface area contributed by atoms with E-state index in [9.17, 15) is 22.8 Å². The molecule has 114 valence electrons. The average Bonchev–Trinajstić information content (AvgIpc) is 2.40. The highest BCUT2D eigenvalue weighted by molar-refractivity contribution is 6.06. The zero-order valence-corrected chi connectivity index (χ0v) is 11.1. The predicted octanol–water partition coefficient (Wildman–Crippen LogP) is 1.83. The van der Waals surface area contributed by atoms with Gasteiger partial charge >= 0.3 is 6.36 Å². The van der Waals surface area contributed by atoms with Crippen molar-refractivity contribution in [1.29, 1.82) is 0 Å². The first-order valence-electron chi connectivity index (χ1n) is 6.26. The molecule has 21 heavy (non-hydrogen) atoms. The van der Waals surface area contributed by atoms with Crippen molar-refractivity contribution in [2.75, 3.05) is 11.4 Å². The lowest BCUT2D eigenvalue weighted by Crippen LogP contribution is -2.58. The normalized spacial score (nSPS) is 19.4. The van der Waals surface area contributed by atoms with Crippen LogP contribution in [-0.4, -0.2) is 30.8 Å². The summed E-state index contributed by atoms with van der Waals surface area (Å²) < 4.78 is 40.0. The van der Waals surface area contributed by atoms with Gasteiger partial charge in [-0.1, -0.05) is 6.92 Å². The largest absolute Gasteiger partial charge is 0.573 e. The SMILES string of the molecule is CCC1NC(=O)CN(c2ccc(OC(F)(F)F)cc2)C1=O. The quantitative estimate of drug-likeness (QED) is 0.926. The maximum absolute atomic E-state index is 12.1. The third kappa shape index (κ3) is 3.65. The van der Waals surface area contributed by atoms with Gasteiger partial charge in [-0.25, -0.2) is 0 Å². The maximum atomic E-state index is 12.1. The molecule has 0 aliphatic carbocycles. The number of ether oxygens (including phenoxy) is 1. The standard InChI is InChI=1S/C13H13F3N2O3/c1-2-10-12(20)18(7-11(19)17-10)8-3-5-9(6-4-8)21-13(14,15)16/h3-6,10H,2,7H2,1H3,(H,17,19). The Morgan fingerprint density at radius 1 is 1.29 bits per heavy atom. The van der Waals surface area contributed by atoms with E-state index in [1.165, 1.54) is 17.0 Å². The maximum Gasteiger partial charge on any atom is 0.573 e. The highest BCUT2D eigenvalue weighted by Gasteiger charge is 2.33. The molecule has 0 aromatic heterocycles. The molecule has 1 heterocycles. The van der Waals surface area contributed by atoms with Crippen molar-refractivity contribution < 1.29 is 27.5 Å². The fourth-order valence-corrected chi connectivity index (χ4v) is 2.03. The summed E-state index contributed by atoms with van der Waals surface area (Å²) in [7, 11) is 0. The number of amides is 2. The first-order valence-corrected chi connectivity index (χ1v) is 6.26. The van der Waals surface area contributed by atoms with E-state index in [0.29, 0.717) is 12.1 Å². The number of hydrogen-bond acceptors (Lipinski definition) is 3. The number of piperazine rings is 1. The number of anilines is 1. The molecule has 1 fully saturated rings. The van der Waals surface area contributed by atoms with Crippen LogP contribution in [0, 0.1) is 0 Å². The van der Waals surface area contributed by atoms with Gasteiger partial charge in [-0.2, -0.15) is 0 Å². The van der Waals surface area contributed by atoms with Crippen LogP contribution in [-0.2, 0) is 9.59 Å². The van der Waals surface area contributed by atoms with Gasteiger partial charge < -0.3 is 15.0 Å². The van der Waals surface area contributed by atoms with E-state index in [1.807, 2.05) is 0 Å². The van der Waals surface area contributed by atoms with Crippen molar-refractivity contribution in [2.24, 2.45) is 0 Å². The molecule has 5 nitrogen and oxygen atoms in total. The Kier molecular flexibility index (Phi) is 4.06. The molecule has 0 radical (unpaired) electrons. The van der Waals surface area contributed by atoms with Gasteiger partial charge in [-0.15, -0.1) is 13.2 Å². The number of carbonyl (C=O) groups is 2. The van der Waals surface area contributed by atoms with Crippen molar-refractivity contribution in [3.63, 3.8) is 0 Å². The van der Waals surface area contributed by atoms with Gasteiger partial charge in [-0.05, 0) is 30.7 Å². The number of alkyl halides is 3. The summed E-state index contributed by atoms with van der Waals surface area (Å²) in [6.45, 7) is 1.60. The first-order chi connectivity index (χ1) is 9.80. The number of rotatable bonds is 3. The van der Waals surface area contributed by atoms with Crippen LogP contribution in [0.15, 0.2) is 24.3 Å². The van der Waals surface area contributed by atoms with Crippen LogP contribution in [0.5, 0.6) is 5.75 Å². The highest BCUT2D eigenvalue weighted by Crippen LogP contribution is 2.26. The van der Waals surface area contributed by atoms with Crippen LogP contribution in [0.4, 0.5) is 18.9 Å². The molecule has 1 aromatic carbocycles. The Morgan fingerprint density at radius 2 is 1.90 bits per heavy atom. The minimum Gasteiger partial charge on any atom is -0.406 e. The summed E-state index contributed by atoms with van der Waals surface area (Å²) in [4.78, 5) is 24.9. The minimum atomic E-state index is -4.77. The summed E-state index contributed by atoms with van der Waals surface area (Å²) in [6, 6.07) is 4.21. The molecule has 1 aromatic rings. The van der Waals surface area contributed by atoms with Crippen molar-refractivity contribution in [1.82, 2.24) is 5.32 Å². The van der Waals surface area contributed by atoms with Gasteiger partial charge in [0.15, 0.2) is 0 Å². The molecule has 0 spiro atoms. The van der Waals surface area contributed by atoms with Crippen LogP contribution in [0.1, 0.15) is 13.3 Å². The zero-order valence-electron chi connectivity index (χ0n) is 11.1. The second kappa shape index (κ2) is 5.63. The van der Waals surface area contributed by atoms with E-state index >= 15 is 0 Å². The third-order valence-corrected chi connectivity index (χ3v) is 2.99. The Hall–Kier alpha value is -2.25. The molecule has 0 saturated carbocycles. The highest BCUT2D eigenvalue weighted by atomic mass is 19.4. The summed E-state index contributed by atoms with van der Waals surface area (Å²) in [6.07, 6.45) is -4.33. The Labute approximate surface area is 118 Å². The number of halogens is 3. The lowest BCUT2D eigenvalue weighted by atomic mass is 10.1. The molecule has 0 bridgehead atoms. The fraction of sp³-hybridized carbons (Fsp3) is 0.385. The Morgan fingerprint density at radius 3 is 2.43 bits per heavy atom. The number of carbonyl (C=O) groups excluding carboxylic acids is 2. The summed E-state index contributed by atoms with van der Waals surface area (Å²) >= 11 is 0. The van der Waals surface area contributed by atoms with Crippen molar-refractivity contribution in [3.8, 4) is 5.75 Å². The van der Waals surface area contributed by atoms with Crippen LogP contribution in [0.2, 0.25) is 0 Å². The van der Waals surface area contributed by atoms with Gasteiger partial charge in [0.2, 0.25) is 11.8 Å². The molecule has 1 unspecified atom stereocenters. The van der Waals surface area contributed by atoms with Gasteiger partial charge in [-0.3, -0.25) is 9.59 Å². The van der Waals surface area contributed by atoms with Gasteiger partial charge in [0.25, 0.3) is 0 Å². The molecule has 1 N–H and O–H groups in total. The van der Waals surface area contributed by atoms with E-state index in [4.69, 9.17) is 0 Å². The minimum absolute atomic E-state index is 0.158. The lowest BCUT2D eigenvalue weighted by Gasteiger charge is -2.32. The molecule has 8 heteroatoms. The molecule has 1 aliphatic rings. The van der Waals surface area contributed by atoms with Crippen molar-refractivity contribution >= 4 is 17.5 Å². The number of benzene rings is 1. The number of nitrogens with zero attached hydrogens (tertiary/aromatic N) is 1. The van der Waals surface area contributed by atoms with Crippen LogP contribution >= 0.6 is 0 Å². The van der Waals surface area contributed by atoms with Gasteiger partial charge in [0, 0.05) is 5.69 Å². The van der Waals surface area contributed by atoms with Crippen LogP contribution < -0.4 is 15.0 Å². The molecule has 1 aliphatic heterocycles. The van der Waals surface area contributed by atoms with Crippen molar-refractivity contribution in [2.45, 2.75) is 25.7 Å². The molecule has 1 atom stereocenters. The lowest BCUT2D eigenvalue weighted by molar-refractivity contribution is -0.274. The first kappa shape index (κ1) is 15.1. The molecular weight excluding hydrogens is 289 g/mol. The monoisotopic (exact) mass is 302 g/mol. The predicted molar refractivity (Wildman–Crippen MR) is 67.7 cm³/mol.